The van der Waals surface area contributed by atoms with Crippen molar-refractivity contribution in [2.24, 2.45) is 0 Å². The van der Waals surface area contributed by atoms with Gasteiger partial charge in [0.25, 0.3) is 0 Å². The highest BCUT2D eigenvalue weighted by Gasteiger charge is 2.25. The van der Waals surface area contributed by atoms with Crippen molar-refractivity contribution in [1.29, 1.82) is 0 Å². The van der Waals surface area contributed by atoms with Gasteiger partial charge in [0.05, 0.1) is 0 Å². The first-order chi connectivity index (χ1) is 10.1. The fraction of sp³-hybridized carbons (Fsp3) is 0.562. The van der Waals surface area contributed by atoms with Crippen molar-refractivity contribution >= 4 is 17.4 Å². The van der Waals surface area contributed by atoms with Gasteiger partial charge in [0.15, 0.2) is 0 Å². The summed E-state index contributed by atoms with van der Waals surface area (Å²) >= 11 is 0. The van der Waals surface area contributed by atoms with E-state index in [9.17, 15) is 9.18 Å². The van der Waals surface area contributed by atoms with Crippen LogP contribution < -0.4 is 10.2 Å². The van der Waals surface area contributed by atoms with E-state index in [0.29, 0.717) is 11.7 Å². The molecule has 0 atom stereocenters. The SMILES string of the molecule is CN(C(=O)Nc1cc(F)cc(N2CCCC2)c1)C1CCC1. The van der Waals surface area contributed by atoms with Gasteiger partial charge in [0.1, 0.15) is 5.82 Å². The molecule has 1 N–H and O–H groups in total. The van der Waals surface area contributed by atoms with Crippen LogP contribution in [0.2, 0.25) is 0 Å². The standard InChI is InChI=1S/C16H22FN3O/c1-19(14-5-4-6-14)16(21)18-13-9-12(17)10-15(11-13)20-7-2-3-8-20/h9-11,14H,2-8H2,1H3,(H,18,21). The van der Waals surface area contributed by atoms with Gasteiger partial charge in [-0.1, -0.05) is 0 Å². The molecule has 2 aliphatic rings. The molecular formula is C16H22FN3O. The van der Waals surface area contributed by atoms with Gasteiger partial charge in [-0.3, -0.25) is 0 Å². The normalized spacial score (nSPS) is 18.5. The van der Waals surface area contributed by atoms with Gasteiger partial charge >= 0.3 is 6.03 Å². The second-order valence-corrected chi connectivity index (χ2v) is 6.02. The quantitative estimate of drug-likeness (QED) is 0.926. The minimum Gasteiger partial charge on any atom is -0.371 e. The zero-order valence-electron chi connectivity index (χ0n) is 12.4. The Labute approximate surface area is 124 Å². The molecular weight excluding hydrogens is 269 g/mol. The van der Waals surface area contributed by atoms with Crippen molar-refractivity contribution in [3.05, 3.63) is 24.0 Å². The minimum atomic E-state index is -0.305. The smallest absolute Gasteiger partial charge is 0.321 e. The first kappa shape index (κ1) is 14.2. The maximum Gasteiger partial charge on any atom is 0.321 e. The number of hydrogen-bond donors (Lipinski definition) is 1. The zero-order chi connectivity index (χ0) is 14.8. The lowest BCUT2D eigenvalue weighted by atomic mass is 9.92. The Morgan fingerprint density at radius 3 is 2.57 bits per heavy atom. The van der Waals surface area contributed by atoms with Gasteiger partial charge < -0.3 is 15.1 Å². The number of nitrogens with zero attached hydrogens (tertiary/aromatic N) is 2. The van der Waals surface area contributed by atoms with E-state index in [4.69, 9.17) is 0 Å². The summed E-state index contributed by atoms with van der Waals surface area (Å²) < 4.78 is 13.8. The second-order valence-electron chi connectivity index (χ2n) is 6.02. The monoisotopic (exact) mass is 291 g/mol. The van der Waals surface area contributed by atoms with Crippen LogP contribution in [-0.2, 0) is 0 Å². The largest absolute Gasteiger partial charge is 0.371 e. The molecule has 0 aromatic heterocycles. The van der Waals surface area contributed by atoms with E-state index in [0.717, 1.165) is 44.5 Å². The fourth-order valence-corrected chi connectivity index (χ4v) is 2.96. The molecule has 2 fully saturated rings. The summed E-state index contributed by atoms with van der Waals surface area (Å²) in [5.74, 6) is -0.305. The molecule has 3 rings (SSSR count). The number of benzene rings is 1. The summed E-state index contributed by atoms with van der Waals surface area (Å²) in [6.45, 7) is 1.91. The van der Waals surface area contributed by atoms with Crippen LogP contribution in [0.25, 0.3) is 0 Å². The van der Waals surface area contributed by atoms with Crippen LogP contribution >= 0.6 is 0 Å². The summed E-state index contributed by atoms with van der Waals surface area (Å²) in [7, 11) is 1.81. The van der Waals surface area contributed by atoms with Gasteiger partial charge in [-0.2, -0.15) is 0 Å². The predicted molar refractivity (Wildman–Crippen MR) is 82.3 cm³/mol. The van der Waals surface area contributed by atoms with Gasteiger partial charge in [0, 0.05) is 37.6 Å². The molecule has 1 aromatic carbocycles. The lowest BCUT2D eigenvalue weighted by Gasteiger charge is -2.34. The van der Waals surface area contributed by atoms with Gasteiger partial charge in [0.2, 0.25) is 0 Å². The number of nitrogens with one attached hydrogen (secondary N) is 1. The number of urea groups is 1. The number of hydrogen-bond acceptors (Lipinski definition) is 2. The Balaban J connectivity index is 1.70. The van der Waals surface area contributed by atoms with E-state index in [1.165, 1.54) is 18.6 Å². The molecule has 1 heterocycles. The van der Waals surface area contributed by atoms with Crippen LogP contribution in [0.15, 0.2) is 18.2 Å². The first-order valence-electron chi connectivity index (χ1n) is 7.73. The van der Waals surface area contributed by atoms with Crippen LogP contribution in [0.5, 0.6) is 0 Å². The Bertz CT molecular complexity index is 524. The average molecular weight is 291 g/mol. The highest BCUT2D eigenvalue weighted by molar-refractivity contribution is 5.90. The second kappa shape index (κ2) is 5.92. The number of halogens is 1. The molecule has 0 unspecified atom stereocenters. The van der Waals surface area contributed by atoms with Gasteiger partial charge in [-0.15, -0.1) is 0 Å². The minimum absolute atomic E-state index is 0.155. The number of carbonyl (C=O) groups is 1. The number of rotatable bonds is 3. The summed E-state index contributed by atoms with van der Waals surface area (Å²) in [6, 6.07) is 4.96. The zero-order valence-corrected chi connectivity index (χ0v) is 12.4. The van der Waals surface area contributed by atoms with Crippen molar-refractivity contribution in [2.75, 3.05) is 30.4 Å². The van der Waals surface area contributed by atoms with Crippen molar-refractivity contribution in [3.63, 3.8) is 0 Å². The molecule has 1 aromatic rings. The molecule has 21 heavy (non-hydrogen) atoms. The van der Waals surface area contributed by atoms with E-state index in [2.05, 4.69) is 10.2 Å². The van der Waals surface area contributed by atoms with Crippen LogP contribution in [0.3, 0.4) is 0 Å². The van der Waals surface area contributed by atoms with Crippen LogP contribution in [0, 0.1) is 5.82 Å². The molecule has 0 radical (unpaired) electrons. The van der Waals surface area contributed by atoms with E-state index in [1.54, 1.807) is 11.9 Å². The van der Waals surface area contributed by atoms with E-state index in [-0.39, 0.29) is 11.8 Å². The van der Waals surface area contributed by atoms with Crippen molar-refractivity contribution < 1.29 is 9.18 Å². The third-order valence-corrected chi connectivity index (χ3v) is 4.55. The van der Waals surface area contributed by atoms with Gasteiger partial charge in [-0.05, 0) is 50.3 Å². The topological polar surface area (TPSA) is 35.6 Å². The van der Waals surface area contributed by atoms with Crippen molar-refractivity contribution in [2.45, 2.75) is 38.1 Å². The Morgan fingerprint density at radius 1 is 1.24 bits per heavy atom. The summed E-state index contributed by atoms with van der Waals surface area (Å²) in [4.78, 5) is 16.1. The summed E-state index contributed by atoms with van der Waals surface area (Å²) in [6.07, 6.45) is 5.59. The average Bonchev–Trinajstić information content (AvgIpc) is 2.89. The highest BCUT2D eigenvalue weighted by atomic mass is 19.1. The van der Waals surface area contributed by atoms with E-state index < -0.39 is 0 Å². The lowest BCUT2D eigenvalue weighted by Crippen LogP contribution is -2.43. The Hall–Kier alpha value is -1.78. The molecule has 1 aliphatic heterocycles. The molecule has 2 amide bonds. The lowest BCUT2D eigenvalue weighted by molar-refractivity contribution is 0.169. The first-order valence-corrected chi connectivity index (χ1v) is 7.73. The van der Waals surface area contributed by atoms with E-state index in [1.807, 2.05) is 6.07 Å². The highest BCUT2D eigenvalue weighted by Crippen LogP contribution is 2.27. The predicted octanol–water partition coefficient (Wildman–Crippen LogP) is 3.44. The van der Waals surface area contributed by atoms with Crippen molar-refractivity contribution in [3.8, 4) is 0 Å². The third-order valence-electron chi connectivity index (χ3n) is 4.55. The third kappa shape index (κ3) is 3.12. The number of anilines is 2. The molecule has 1 saturated carbocycles. The van der Waals surface area contributed by atoms with Crippen LogP contribution in [-0.4, -0.2) is 37.1 Å². The molecule has 0 spiro atoms. The van der Waals surface area contributed by atoms with Crippen molar-refractivity contribution in [1.82, 2.24) is 4.90 Å². The van der Waals surface area contributed by atoms with E-state index >= 15 is 0 Å². The molecule has 1 aliphatic carbocycles. The Kier molecular flexibility index (Phi) is 3.99. The molecule has 114 valence electrons. The molecule has 5 heteroatoms. The maximum atomic E-state index is 13.8. The number of amides is 2. The maximum absolute atomic E-state index is 13.8. The van der Waals surface area contributed by atoms with Crippen LogP contribution in [0.1, 0.15) is 32.1 Å². The molecule has 4 nitrogen and oxygen atoms in total. The molecule has 1 saturated heterocycles. The summed E-state index contributed by atoms with van der Waals surface area (Å²) in [5, 5.41) is 2.82. The molecule has 0 bridgehead atoms. The number of carbonyl (C=O) groups excluding carboxylic acids is 1. The fourth-order valence-electron chi connectivity index (χ4n) is 2.96. The van der Waals surface area contributed by atoms with Gasteiger partial charge in [-0.25, -0.2) is 9.18 Å². The summed E-state index contributed by atoms with van der Waals surface area (Å²) in [5.41, 5.74) is 1.39. The Morgan fingerprint density at radius 2 is 1.95 bits per heavy atom. The van der Waals surface area contributed by atoms with Crippen LogP contribution in [0.4, 0.5) is 20.6 Å².